The summed E-state index contributed by atoms with van der Waals surface area (Å²) in [6, 6.07) is 10.8. The average molecular weight is 255 g/mol. The van der Waals surface area contributed by atoms with Gasteiger partial charge in [-0.1, -0.05) is 31.5 Å². The number of pyridine rings is 1. The standard InChI is InChI=1S/C15H17N3O/c1-2-5-11-8-9-14(17-10-11)15(19)18-13-7-4-3-6-12(13)16/h3-4,6-10H,2,5,16H2,1H3,(H,18,19). The Bertz CT molecular complexity index is 564. The number of hydrogen-bond acceptors (Lipinski definition) is 3. The zero-order valence-electron chi connectivity index (χ0n) is 10.9. The Morgan fingerprint density at radius 3 is 2.68 bits per heavy atom. The molecule has 98 valence electrons. The zero-order valence-corrected chi connectivity index (χ0v) is 10.9. The number of aromatic nitrogens is 1. The van der Waals surface area contributed by atoms with Crippen LogP contribution in [0.2, 0.25) is 0 Å². The minimum absolute atomic E-state index is 0.249. The number of nitrogen functional groups attached to an aromatic ring is 1. The Morgan fingerprint density at radius 2 is 2.05 bits per heavy atom. The van der Waals surface area contributed by atoms with E-state index in [1.165, 1.54) is 0 Å². The summed E-state index contributed by atoms with van der Waals surface area (Å²) in [4.78, 5) is 16.2. The maximum Gasteiger partial charge on any atom is 0.274 e. The van der Waals surface area contributed by atoms with Gasteiger partial charge in [0.15, 0.2) is 0 Å². The highest BCUT2D eigenvalue weighted by Crippen LogP contribution is 2.17. The lowest BCUT2D eigenvalue weighted by atomic mass is 10.1. The van der Waals surface area contributed by atoms with Gasteiger partial charge >= 0.3 is 0 Å². The maximum atomic E-state index is 12.0. The Hall–Kier alpha value is -2.36. The molecule has 0 fully saturated rings. The number of anilines is 2. The number of aryl methyl sites for hydroxylation is 1. The monoisotopic (exact) mass is 255 g/mol. The van der Waals surface area contributed by atoms with E-state index in [4.69, 9.17) is 5.73 Å². The van der Waals surface area contributed by atoms with Gasteiger partial charge < -0.3 is 11.1 Å². The molecule has 0 aliphatic carbocycles. The first-order valence-corrected chi connectivity index (χ1v) is 6.31. The summed E-state index contributed by atoms with van der Waals surface area (Å²) >= 11 is 0. The van der Waals surface area contributed by atoms with Crippen LogP contribution < -0.4 is 11.1 Å². The Labute approximate surface area is 112 Å². The molecule has 1 aromatic heterocycles. The van der Waals surface area contributed by atoms with Crippen LogP contribution in [0.15, 0.2) is 42.6 Å². The largest absolute Gasteiger partial charge is 0.397 e. The highest BCUT2D eigenvalue weighted by atomic mass is 16.1. The van der Waals surface area contributed by atoms with Gasteiger partial charge in [0.1, 0.15) is 5.69 Å². The second-order valence-electron chi connectivity index (χ2n) is 4.34. The molecule has 0 aliphatic rings. The molecule has 0 atom stereocenters. The van der Waals surface area contributed by atoms with Gasteiger partial charge in [-0.15, -0.1) is 0 Å². The van der Waals surface area contributed by atoms with Crippen molar-refractivity contribution in [3.05, 3.63) is 53.9 Å². The van der Waals surface area contributed by atoms with Gasteiger partial charge in [0.05, 0.1) is 11.4 Å². The van der Waals surface area contributed by atoms with Crippen LogP contribution in [-0.2, 0) is 6.42 Å². The first-order chi connectivity index (χ1) is 9.20. The number of carbonyl (C=O) groups is 1. The van der Waals surface area contributed by atoms with E-state index in [0.29, 0.717) is 17.1 Å². The predicted molar refractivity (Wildman–Crippen MR) is 77.0 cm³/mol. The quantitative estimate of drug-likeness (QED) is 0.825. The number of benzene rings is 1. The molecule has 2 rings (SSSR count). The normalized spacial score (nSPS) is 10.2. The molecule has 0 spiro atoms. The van der Waals surface area contributed by atoms with Gasteiger partial charge in [0, 0.05) is 6.20 Å². The van der Waals surface area contributed by atoms with E-state index in [0.717, 1.165) is 18.4 Å². The molecule has 1 heterocycles. The fourth-order valence-corrected chi connectivity index (χ4v) is 1.79. The van der Waals surface area contributed by atoms with Crippen molar-refractivity contribution in [1.29, 1.82) is 0 Å². The van der Waals surface area contributed by atoms with E-state index >= 15 is 0 Å². The number of rotatable bonds is 4. The van der Waals surface area contributed by atoms with Crippen molar-refractivity contribution in [2.24, 2.45) is 0 Å². The molecule has 1 amide bonds. The molecule has 0 saturated heterocycles. The molecule has 0 aliphatic heterocycles. The molecule has 0 unspecified atom stereocenters. The summed E-state index contributed by atoms with van der Waals surface area (Å²) in [5, 5.41) is 2.75. The summed E-state index contributed by atoms with van der Waals surface area (Å²) < 4.78 is 0. The van der Waals surface area contributed by atoms with Crippen molar-refractivity contribution in [2.45, 2.75) is 19.8 Å². The molecule has 3 N–H and O–H groups in total. The number of nitrogens with two attached hydrogens (primary N) is 1. The Morgan fingerprint density at radius 1 is 1.26 bits per heavy atom. The molecule has 4 nitrogen and oxygen atoms in total. The van der Waals surface area contributed by atoms with E-state index in [2.05, 4.69) is 17.2 Å². The van der Waals surface area contributed by atoms with E-state index in [9.17, 15) is 4.79 Å². The van der Waals surface area contributed by atoms with Crippen molar-refractivity contribution in [3.63, 3.8) is 0 Å². The number of nitrogens with one attached hydrogen (secondary N) is 1. The first-order valence-electron chi connectivity index (χ1n) is 6.31. The van der Waals surface area contributed by atoms with Gasteiger partial charge in [-0.3, -0.25) is 9.78 Å². The van der Waals surface area contributed by atoms with Crippen molar-refractivity contribution in [3.8, 4) is 0 Å². The van der Waals surface area contributed by atoms with Gasteiger partial charge in [-0.25, -0.2) is 0 Å². The van der Waals surface area contributed by atoms with Crippen LogP contribution in [0.1, 0.15) is 29.4 Å². The van der Waals surface area contributed by atoms with E-state index in [-0.39, 0.29) is 5.91 Å². The number of nitrogens with zero attached hydrogens (tertiary/aromatic N) is 1. The van der Waals surface area contributed by atoms with Crippen molar-refractivity contribution in [1.82, 2.24) is 4.98 Å². The Kier molecular flexibility index (Phi) is 4.13. The smallest absolute Gasteiger partial charge is 0.274 e. The summed E-state index contributed by atoms with van der Waals surface area (Å²) in [7, 11) is 0. The topological polar surface area (TPSA) is 68.0 Å². The minimum atomic E-state index is -0.249. The fourth-order valence-electron chi connectivity index (χ4n) is 1.79. The molecule has 0 bridgehead atoms. The second-order valence-corrected chi connectivity index (χ2v) is 4.34. The van der Waals surface area contributed by atoms with Gasteiger partial charge in [-0.2, -0.15) is 0 Å². The van der Waals surface area contributed by atoms with Crippen LogP contribution in [0.4, 0.5) is 11.4 Å². The molecule has 0 radical (unpaired) electrons. The first kappa shape index (κ1) is 13.1. The number of amides is 1. The summed E-state index contributed by atoms with van der Waals surface area (Å²) in [6.45, 7) is 2.11. The number of carbonyl (C=O) groups excluding carboxylic acids is 1. The number of para-hydroxylation sites is 2. The lowest BCUT2D eigenvalue weighted by Crippen LogP contribution is -2.14. The maximum absolute atomic E-state index is 12.0. The Balaban J connectivity index is 2.10. The van der Waals surface area contributed by atoms with E-state index in [1.807, 2.05) is 18.2 Å². The molecule has 2 aromatic rings. The van der Waals surface area contributed by atoms with Crippen LogP contribution in [-0.4, -0.2) is 10.9 Å². The van der Waals surface area contributed by atoms with Gasteiger partial charge in [-0.05, 0) is 30.2 Å². The lowest BCUT2D eigenvalue weighted by molar-refractivity contribution is 0.102. The third-order valence-electron chi connectivity index (χ3n) is 2.81. The second kappa shape index (κ2) is 6.00. The van der Waals surface area contributed by atoms with Crippen LogP contribution in [0.3, 0.4) is 0 Å². The summed E-state index contributed by atoms with van der Waals surface area (Å²) in [5.74, 6) is -0.249. The van der Waals surface area contributed by atoms with Crippen molar-refractivity contribution >= 4 is 17.3 Å². The predicted octanol–water partition coefficient (Wildman–Crippen LogP) is 2.87. The highest BCUT2D eigenvalue weighted by molar-refractivity contribution is 6.04. The van der Waals surface area contributed by atoms with Crippen molar-refractivity contribution in [2.75, 3.05) is 11.1 Å². The molecular formula is C15H17N3O. The SMILES string of the molecule is CCCc1ccc(C(=O)Nc2ccccc2N)nc1. The molecule has 0 saturated carbocycles. The van der Waals surface area contributed by atoms with Crippen LogP contribution in [0, 0.1) is 0 Å². The van der Waals surface area contributed by atoms with Gasteiger partial charge in [0.25, 0.3) is 5.91 Å². The number of hydrogen-bond donors (Lipinski definition) is 2. The molecule has 19 heavy (non-hydrogen) atoms. The van der Waals surface area contributed by atoms with Crippen LogP contribution in [0.5, 0.6) is 0 Å². The van der Waals surface area contributed by atoms with Crippen LogP contribution in [0.25, 0.3) is 0 Å². The van der Waals surface area contributed by atoms with Gasteiger partial charge in [0.2, 0.25) is 0 Å². The van der Waals surface area contributed by atoms with E-state index < -0.39 is 0 Å². The molecule has 4 heteroatoms. The zero-order chi connectivity index (χ0) is 13.7. The summed E-state index contributed by atoms with van der Waals surface area (Å²) in [5.41, 5.74) is 8.45. The minimum Gasteiger partial charge on any atom is -0.397 e. The molecule has 1 aromatic carbocycles. The van der Waals surface area contributed by atoms with Crippen molar-refractivity contribution < 1.29 is 4.79 Å². The summed E-state index contributed by atoms with van der Waals surface area (Å²) in [6.07, 6.45) is 3.78. The highest BCUT2D eigenvalue weighted by Gasteiger charge is 2.08. The molecular weight excluding hydrogens is 238 g/mol. The van der Waals surface area contributed by atoms with Crippen LogP contribution >= 0.6 is 0 Å². The average Bonchev–Trinajstić information content (AvgIpc) is 2.42. The lowest BCUT2D eigenvalue weighted by Gasteiger charge is -2.07. The third kappa shape index (κ3) is 3.31. The van der Waals surface area contributed by atoms with E-state index in [1.54, 1.807) is 24.4 Å². The fraction of sp³-hybridized carbons (Fsp3) is 0.200. The third-order valence-corrected chi connectivity index (χ3v) is 2.81.